The van der Waals surface area contributed by atoms with Crippen LogP contribution < -0.4 is 9.62 Å². The number of rotatable bonds is 7. The van der Waals surface area contributed by atoms with E-state index in [1.807, 2.05) is 31.2 Å². The number of hydrogen-bond donors (Lipinski definition) is 1. The highest BCUT2D eigenvalue weighted by Gasteiger charge is 2.27. The number of aromatic nitrogens is 2. The number of thiophene rings is 1. The first-order chi connectivity index (χ1) is 17.0. The van der Waals surface area contributed by atoms with Crippen LogP contribution in [0.2, 0.25) is 0 Å². The number of nitrogens with one attached hydrogen (secondary N) is 1. The smallest absolute Gasteiger partial charge is 0.266 e. The summed E-state index contributed by atoms with van der Waals surface area (Å²) in [6.45, 7) is 4.19. The van der Waals surface area contributed by atoms with E-state index in [9.17, 15) is 8.42 Å². The van der Waals surface area contributed by atoms with Crippen molar-refractivity contribution in [3.05, 3.63) is 96.1 Å². The molecule has 0 fully saturated rings. The summed E-state index contributed by atoms with van der Waals surface area (Å²) in [5, 5.41) is 6.24. The first kappa shape index (κ1) is 23.0. The zero-order valence-electron chi connectivity index (χ0n) is 19.3. The minimum atomic E-state index is -3.83. The number of hydrogen-bond acceptors (Lipinski definition) is 6. The second-order valence-corrected chi connectivity index (χ2v) is 10.7. The Morgan fingerprint density at radius 1 is 0.914 bits per heavy atom. The maximum atomic E-state index is 13.8. The van der Waals surface area contributed by atoms with E-state index in [-0.39, 0.29) is 4.90 Å². The van der Waals surface area contributed by atoms with Gasteiger partial charge in [0.1, 0.15) is 21.9 Å². The summed E-state index contributed by atoms with van der Waals surface area (Å²) in [5.41, 5.74) is 4.33. The molecule has 0 unspecified atom stereocenters. The molecule has 176 valence electrons. The quantitative estimate of drug-likeness (QED) is 0.272. The molecule has 0 bridgehead atoms. The number of nitrogens with zero attached hydrogens (tertiary/aromatic N) is 3. The molecule has 0 aliphatic heterocycles. The normalized spacial score (nSPS) is 11.5. The zero-order chi connectivity index (χ0) is 24.4. The molecule has 0 atom stereocenters. The molecule has 6 nitrogen and oxygen atoms in total. The third-order valence-electron chi connectivity index (χ3n) is 5.77. The lowest BCUT2D eigenvalue weighted by Crippen LogP contribution is -2.31. The van der Waals surface area contributed by atoms with Crippen LogP contribution in [0.1, 0.15) is 12.5 Å². The van der Waals surface area contributed by atoms with E-state index in [1.165, 1.54) is 27.5 Å². The summed E-state index contributed by atoms with van der Waals surface area (Å²) in [7, 11) is -3.83. The van der Waals surface area contributed by atoms with Gasteiger partial charge in [0.15, 0.2) is 0 Å². The molecule has 5 aromatic rings. The topological polar surface area (TPSA) is 75.2 Å². The van der Waals surface area contributed by atoms with Crippen LogP contribution in [0.25, 0.3) is 21.3 Å². The second kappa shape index (κ2) is 9.48. The van der Waals surface area contributed by atoms with Crippen molar-refractivity contribution >= 4 is 48.8 Å². The molecule has 1 N–H and O–H groups in total. The Morgan fingerprint density at radius 3 is 2.37 bits per heavy atom. The van der Waals surface area contributed by atoms with Crippen molar-refractivity contribution in [1.29, 1.82) is 0 Å². The van der Waals surface area contributed by atoms with Gasteiger partial charge in [-0.1, -0.05) is 60.2 Å². The van der Waals surface area contributed by atoms with Gasteiger partial charge in [0.25, 0.3) is 10.0 Å². The van der Waals surface area contributed by atoms with Crippen molar-refractivity contribution in [2.75, 3.05) is 16.2 Å². The number of benzene rings is 3. The van der Waals surface area contributed by atoms with E-state index in [0.717, 1.165) is 21.3 Å². The maximum absolute atomic E-state index is 13.8. The summed E-state index contributed by atoms with van der Waals surface area (Å²) >= 11 is 1.54. The second-order valence-electron chi connectivity index (χ2n) is 8.04. The lowest BCUT2D eigenvalue weighted by atomic mass is 10.0. The van der Waals surface area contributed by atoms with Gasteiger partial charge in [-0.15, -0.1) is 11.3 Å². The van der Waals surface area contributed by atoms with Crippen LogP contribution in [0.4, 0.5) is 17.2 Å². The molecule has 2 heterocycles. The van der Waals surface area contributed by atoms with Crippen LogP contribution in [0.3, 0.4) is 0 Å². The fraction of sp³-hybridized carbons (Fsp3) is 0.111. The molecule has 0 spiro atoms. The van der Waals surface area contributed by atoms with Gasteiger partial charge >= 0.3 is 0 Å². The molecule has 3 aromatic carbocycles. The Balaban J connectivity index is 1.60. The molecule has 0 aliphatic rings. The molecular formula is C27H24N4O2S2. The van der Waals surface area contributed by atoms with E-state index >= 15 is 0 Å². The Labute approximate surface area is 209 Å². The number of fused-ring (bicyclic) bond motifs is 1. The van der Waals surface area contributed by atoms with Crippen molar-refractivity contribution in [3.8, 4) is 11.1 Å². The van der Waals surface area contributed by atoms with Crippen molar-refractivity contribution in [2.45, 2.75) is 18.7 Å². The van der Waals surface area contributed by atoms with Crippen molar-refractivity contribution in [3.63, 3.8) is 0 Å². The number of aryl methyl sites for hydroxylation is 1. The highest BCUT2D eigenvalue weighted by molar-refractivity contribution is 7.93. The molecule has 35 heavy (non-hydrogen) atoms. The van der Waals surface area contributed by atoms with Crippen LogP contribution in [-0.4, -0.2) is 24.9 Å². The first-order valence-electron chi connectivity index (χ1n) is 11.2. The lowest BCUT2D eigenvalue weighted by molar-refractivity contribution is 0.592. The van der Waals surface area contributed by atoms with Gasteiger partial charge in [-0.05, 0) is 43.7 Å². The minimum Gasteiger partial charge on any atom is -0.338 e. The Morgan fingerprint density at radius 2 is 1.63 bits per heavy atom. The molecule has 0 saturated carbocycles. The Hall–Kier alpha value is -3.75. The minimum absolute atomic E-state index is 0.185. The Bertz CT molecular complexity index is 1580. The molecule has 0 amide bonds. The monoisotopic (exact) mass is 500 g/mol. The summed E-state index contributed by atoms with van der Waals surface area (Å²) in [6, 6.07) is 24.3. The molecule has 2 aromatic heterocycles. The predicted molar refractivity (Wildman–Crippen MR) is 144 cm³/mol. The third-order valence-corrected chi connectivity index (χ3v) is 8.62. The van der Waals surface area contributed by atoms with Gasteiger partial charge in [-0.3, -0.25) is 4.31 Å². The molecular weight excluding hydrogens is 476 g/mol. The van der Waals surface area contributed by atoms with Crippen molar-refractivity contribution in [2.24, 2.45) is 0 Å². The van der Waals surface area contributed by atoms with Crippen LogP contribution in [0, 0.1) is 6.92 Å². The van der Waals surface area contributed by atoms with Crippen LogP contribution in [0.15, 0.2) is 95.5 Å². The summed E-state index contributed by atoms with van der Waals surface area (Å²) in [4.78, 5) is 9.96. The van der Waals surface area contributed by atoms with Gasteiger partial charge in [-0.25, -0.2) is 18.4 Å². The van der Waals surface area contributed by atoms with Crippen LogP contribution >= 0.6 is 11.3 Å². The molecule has 0 aliphatic carbocycles. The fourth-order valence-corrected chi connectivity index (χ4v) is 6.58. The van der Waals surface area contributed by atoms with Crippen LogP contribution in [0.5, 0.6) is 0 Å². The lowest BCUT2D eigenvalue weighted by Gasteiger charge is -2.24. The van der Waals surface area contributed by atoms with Gasteiger partial charge < -0.3 is 5.32 Å². The first-order valence-corrected chi connectivity index (χ1v) is 13.5. The Kier molecular flexibility index (Phi) is 6.23. The fourth-order valence-electron chi connectivity index (χ4n) is 4.04. The number of sulfonamides is 1. The van der Waals surface area contributed by atoms with Gasteiger partial charge in [-0.2, -0.15) is 0 Å². The summed E-state index contributed by atoms with van der Waals surface area (Å²) < 4.78 is 28.9. The van der Waals surface area contributed by atoms with Gasteiger partial charge in [0.05, 0.1) is 16.8 Å². The van der Waals surface area contributed by atoms with E-state index in [0.29, 0.717) is 23.7 Å². The SMILES string of the molecule is CCN(c1ccccc1)S(=O)(=O)c1ccccc1Nc1ncnc2scc(-c3ccc(C)cc3)c12. The third kappa shape index (κ3) is 4.38. The molecule has 8 heteroatoms. The van der Waals surface area contributed by atoms with Crippen molar-refractivity contribution in [1.82, 2.24) is 9.97 Å². The zero-order valence-corrected chi connectivity index (χ0v) is 21.0. The van der Waals surface area contributed by atoms with Crippen molar-refractivity contribution < 1.29 is 8.42 Å². The maximum Gasteiger partial charge on any atom is 0.266 e. The standard InChI is InChI=1S/C27H24N4O2S2/c1-3-31(21-9-5-4-6-10-21)35(32,33)24-12-8-7-11-23(24)30-26-25-22(17-34-27(25)29-18-28-26)20-15-13-19(2)14-16-20/h4-18H,3H2,1-2H3,(H,28,29,30). The highest BCUT2D eigenvalue weighted by Crippen LogP contribution is 2.38. The van der Waals surface area contributed by atoms with Gasteiger partial charge in [0.2, 0.25) is 0 Å². The van der Waals surface area contributed by atoms with Gasteiger partial charge in [0, 0.05) is 17.5 Å². The molecule has 0 saturated heterocycles. The average molecular weight is 501 g/mol. The molecule has 0 radical (unpaired) electrons. The highest BCUT2D eigenvalue weighted by atomic mass is 32.2. The predicted octanol–water partition coefficient (Wildman–Crippen LogP) is 6.63. The van der Waals surface area contributed by atoms with E-state index < -0.39 is 10.0 Å². The number of anilines is 3. The summed E-state index contributed by atoms with van der Waals surface area (Å²) in [6.07, 6.45) is 1.50. The van der Waals surface area contributed by atoms with E-state index in [2.05, 4.69) is 51.9 Å². The van der Waals surface area contributed by atoms with Crippen LogP contribution in [-0.2, 0) is 10.0 Å². The average Bonchev–Trinajstić information content (AvgIpc) is 3.31. The largest absolute Gasteiger partial charge is 0.338 e. The number of para-hydroxylation sites is 2. The molecule has 5 rings (SSSR count). The van der Waals surface area contributed by atoms with E-state index in [1.54, 1.807) is 30.3 Å². The van der Waals surface area contributed by atoms with E-state index in [4.69, 9.17) is 0 Å². The summed E-state index contributed by atoms with van der Waals surface area (Å²) in [5.74, 6) is 0.567.